The molecule has 2 aromatic heterocycles. The number of amides is 2. The van der Waals surface area contributed by atoms with Crippen molar-refractivity contribution in [3.8, 4) is 0 Å². The van der Waals surface area contributed by atoms with Crippen molar-refractivity contribution in [2.45, 2.75) is 19.4 Å². The molecule has 1 aliphatic rings. The second-order valence-electron chi connectivity index (χ2n) is 7.39. The van der Waals surface area contributed by atoms with Crippen LogP contribution in [-0.2, 0) is 16.1 Å². The Morgan fingerprint density at radius 3 is 2.87 bits per heavy atom. The maximum atomic E-state index is 12.8. The lowest BCUT2D eigenvalue weighted by Gasteiger charge is -2.32. The van der Waals surface area contributed by atoms with Crippen molar-refractivity contribution in [3.63, 3.8) is 0 Å². The van der Waals surface area contributed by atoms with Crippen LogP contribution in [-0.4, -0.2) is 37.0 Å². The van der Waals surface area contributed by atoms with Crippen molar-refractivity contribution < 1.29 is 18.7 Å². The van der Waals surface area contributed by atoms with Gasteiger partial charge in [-0.2, -0.15) is 0 Å². The lowest BCUT2D eigenvalue weighted by atomic mass is 9.97. The molecule has 1 aromatic carbocycles. The van der Waals surface area contributed by atoms with Gasteiger partial charge in [-0.05, 0) is 31.0 Å². The van der Waals surface area contributed by atoms with Crippen molar-refractivity contribution in [1.29, 1.82) is 0 Å². The second-order valence-corrected chi connectivity index (χ2v) is 7.39. The molecule has 1 unspecified atom stereocenters. The molecule has 3 N–H and O–H groups in total. The number of hydrogen-bond acceptors (Lipinski definition) is 6. The fourth-order valence-electron chi connectivity index (χ4n) is 3.82. The van der Waals surface area contributed by atoms with E-state index in [0.717, 1.165) is 30.6 Å². The van der Waals surface area contributed by atoms with Crippen molar-refractivity contribution in [2.75, 3.05) is 30.4 Å². The first-order chi connectivity index (χ1) is 14.6. The van der Waals surface area contributed by atoms with Gasteiger partial charge >= 0.3 is 0 Å². The predicted octanol–water partition coefficient (Wildman–Crippen LogP) is 2.93. The lowest BCUT2D eigenvalue weighted by Crippen LogP contribution is -2.41. The minimum atomic E-state index is -0.362. The van der Waals surface area contributed by atoms with E-state index in [-0.39, 0.29) is 30.1 Å². The standard InChI is InChI=1S/C22H24N4O4/c1-29-13-17-16-6-2-3-7-18(16)30-20(17)22(28)25-15-8-9-19(24-11-15)26-10-4-5-14(12-26)21(23)27/h2-3,6-9,11,14H,4-5,10,12-13H2,1H3,(H2,23,27)(H,25,28). The Hall–Kier alpha value is -3.39. The molecule has 3 heterocycles. The zero-order valence-corrected chi connectivity index (χ0v) is 16.8. The van der Waals surface area contributed by atoms with Crippen LogP contribution in [0.3, 0.4) is 0 Å². The SMILES string of the molecule is COCc1c(C(=O)Nc2ccc(N3CCCC(C(N)=O)C3)nc2)oc2ccccc12. The van der Waals surface area contributed by atoms with Crippen LogP contribution in [0, 0.1) is 5.92 Å². The number of rotatable bonds is 6. The number of hydrogen-bond donors (Lipinski definition) is 2. The predicted molar refractivity (Wildman–Crippen MR) is 113 cm³/mol. The average molecular weight is 408 g/mol. The summed E-state index contributed by atoms with van der Waals surface area (Å²) in [5.41, 5.74) is 7.35. The number of methoxy groups -OCH3 is 1. The van der Waals surface area contributed by atoms with Crippen LogP contribution < -0.4 is 16.0 Å². The first kappa shape index (κ1) is 19.9. The summed E-state index contributed by atoms with van der Waals surface area (Å²) in [6, 6.07) is 11.1. The fraction of sp³-hybridized carbons (Fsp3) is 0.318. The van der Waals surface area contributed by atoms with Gasteiger partial charge in [-0.3, -0.25) is 9.59 Å². The number of para-hydroxylation sites is 1. The Labute approximate surface area is 174 Å². The number of ether oxygens (including phenoxy) is 1. The van der Waals surface area contributed by atoms with Crippen LogP contribution in [0.2, 0.25) is 0 Å². The number of aromatic nitrogens is 1. The molecule has 1 fully saturated rings. The highest BCUT2D eigenvalue weighted by Crippen LogP contribution is 2.28. The van der Waals surface area contributed by atoms with Gasteiger partial charge in [-0.1, -0.05) is 18.2 Å². The van der Waals surface area contributed by atoms with E-state index in [9.17, 15) is 9.59 Å². The van der Waals surface area contributed by atoms with E-state index in [2.05, 4.69) is 10.3 Å². The molecule has 0 bridgehead atoms. The van der Waals surface area contributed by atoms with Crippen LogP contribution in [0.25, 0.3) is 11.0 Å². The molecule has 0 aliphatic carbocycles. The Kier molecular flexibility index (Phi) is 5.67. The van der Waals surface area contributed by atoms with E-state index >= 15 is 0 Å². The number of furan rings is 1. The summed E-state index contributed by atoms with van der Waals surface area (Å²) in [6.45, 7) is 1.65. The molecular formula is C22H24N4O4. The van der Waals surface area contributed by atoms with Crippen molar-refractivity contribution in [2.24, 2.45) is 11.7 Å². The molecule has 156 valence electrons. The highest BCUT2D eigenvalue weighted by atomic mass is 16.5. The van der Waals surface area contributed by atoms with E-state index in [1.54, 1.807) is 19.4 Å². The first-order valence-electron chi connectivity index (χ1n) is 9.88. The van der Waals surface area contributed by atoms with Gasteiger partial charge in [0.15, 0.2) is 5.76 Å². The molecule has 8 nitrogen and oxygen atoms in total. The highest BCUT2D eigenvalue weighted by Gasteiger charge is 2.25. The van der Waals surface area contributed by atoms with E-state index in [1.165, 1.54) is 0 Å². The minimum absolute atomic E-state index is 0.160. The summed E-state index contributed by atoms with van der Waals surface area (Å²) in [6.07, 6.45) is 3.29. The molecule has 1 atom stereocenters. The summed E-state index contributed by atoms with van der Waals surface area (Å²) in [5, 5.41) is 3.69. The number of piperidine rings is 1. The summed E-state index contributed by atoms with van der Waals surface area (Å²) in [5.74, 6) is 0.179. The van der Waals surface area contributed by atoms with Gasteiger partial charge in [-0.15, -0.1) is 0 Å². The Bertz CT molecular complexity index is 1060. The molecule has 2 amide bonds. The van der Waals surface area contributed by atoms with Gasteiger partial charge in [0.2, 0.25) is 5.91 Å². The number of carbonyl (C=O) groups excluding carboxylic acids is 2. The maximum absolute atomic E-state index is 12.8. The van der Waals surface area contributed by atoms with Crippen LogP contribution in [0.4, 0.5) is 11.5 Å². The molecular weight excluding hydrogens is 384 g/mol. The first-order valence-corrected chi connectivity index (χ1v) is 9.88. The molecule has 0 saturated carbocycles. The zero-order valence-electron chi connectivity index (χ0n) is 16.8. The van der Waals surface area contributed by atoms with Gasteiger partial charge in [0.25, 0.3) is 5.91 Å². The minimum Gasteiger partial charge on any atom is -0.451 e. The molecule has 1 aliphatic heterocycles. The monoisotopic (exact) mass is 408 g/mol. The number of fused-ring (bicyclic) bond motifs is 1. The van der Waals surface area contributed by atoms with Crippen molar-refractivity contribution >= 4 is 34.3 Å². The third kappa shape index (κ3) is 3.99. The molecule has 0 spiro atoms. The maximum Gasteiger partial charge on any atom is 0.291 e. The van der Waals surface area contributed by atoms with E-state index in [1.807, 2.05) is 35.2 Å². The van der Waals surface area contributed by atoms with Crippen LogP contribution in [0.5, 0.6) is 0 Å². The van der Waals surface area contributed by atoms with Crippen molar-refractivity contribution in [1.82, 2.24) is 4.98 Å². The summed E-state index contributed by atoms with van der Waals surface area (Å²) in [4.78, 5) is 30.8. The number of nitrogens with one attached hydrogen (secondary N) is 1. The molecule has 3 aromatic rings. The highest BCUT2D eigenvalue weighted by molar-refractivity contribution is 6.06. The Morgan fingerprint density at radius 2 is 2.13 bits per heavy atom. The molecule has 30 heavy (non-hydrogen) atoms. The smallest absolute Gasteiger partial charge is 0.291 e. The molecule has 0 radical (unpaired) electrons. The average Bonchev–Trinajstić information content (AvgIpc) is 3.13. The number of primary amides is 1. The summed E-state index contributed by atoms with van der Waals surface area (Å²) < 4.78 is 11.0. The third-order valence-electron chi connectivity index (χ3n) is 5.35. The number of carbonyl (C=O) groups is 2. The third-order valence-corrected chi connectivity index (χ3v) is 5.35. The summed E-state index contributed by atoms with van der Waals surface area (Å²) >= 11 is 0. The van der Waals surface area contributed by atoms with Gasteiger partial charge in [0.05, 0.1) is 24.4 Å². The Morgan fingerprint density at radius 1 is 1.30 bits per heavy atom. The van der Waals surface area contributed by atoms with Gasteiger partial charge in [0.1, 0.15) is 11.4 Å². The number of nitrogens with zero attached hydrogens (tertiary/aromatic N) is 2. The van der Waals surface area contributed by atoms with Gasteiger partial charge in [-0.25, -0.2) is 4.98 Å². The number of benzene rings is 1. The fourth-order valence-corrected chi connectivity index (χ4v) is 3.82. The Balaban J connectivity index is 1.50. The quantitative estimate of drug-likeness (QED) is 0.649. The number of anilines is 2. The number of pyridine rings is 1. The molecule has 8 heteroatoms. The van der Waals surface area contributed by atoms with E-state index in [4.69, 9.17) is 14.9 Å². The zero-order chi connectivity index (χ0) is 21.1. The van der Waals surface area contributed by atoms with E-state index < -0.39 is 0 Å². The molecule has 1 saturated heterocycles. The van der Waals surface area contributed by atoms with Gasteiger partial charge < -0.3 is 25.1 Å². The largest absolute Gasteiger partial charge is 0.451 e. The second kappa shape index (κ2) is 8.54. The van der Waals surface area contributed by atoms with Crippen molar-refractivity contribution in [3.05, 3.63) is 53.9 Å². The summed E-state index contributed by atoms with van der Waals surface area (Å²) in [7, 11) is 1.58. The van der Waals surface area contributed by atoms with Crippen LogP contribution >= 0.6 is 0 Å². The lowest BCUT2D eigenvalue weighted by molar-refractivity contribution is -0.122. The number of nitrogens with two attached hydrogens (primary N) is 1. The van der Waals surface area contributed by atoms with Crippen LogP contribution in [0.1, 0.15) is 29.0 Å². The topological polar surface area (TPSA) is 111 Å². The van der Waals surface area contributed by atoms with Gasteiger partial charge in [0, 0.05) is 31.1 Å². The van der Waals surface area contributed by atoms with E-state index in [0.29, 0.717) is 23.4 Å². The van der Waals surface area contributed by atoms with Crippen LogP contribution in [0.15, 0.2) is 47.0 Å². The normalized spacial score (nSPS) is 16.6. The molecule has 4 rings (SSSR count).